The highest BCUT2D eigenvalue weighted by Gasteiger charge is 2.11. The van der Waals surface area contributed by atoms with Gasteiger partial charge < -0.3 is 5.32 Å². The number of nitrogens with one attached hydrogen (secondary N) is 1. The lowest BCUT2D eigenvalue weighted by molar-refractivity contribution is 0.140. The van der Waals surface area contributed by atoms with Crippen LogP contribution < -0.4 is 5.32 Å². The SMILES string of the molecule is CN(CCc1ccc(Cl)cc1)CN1CCNCC1. The first-order valence-corrected chi connectivity index (χ1v) is 6.98. The van der Waals surface area contributed by atoms with Crippen LogP contribution in [0.4, 0.5) is 0 Å². The molecule has 0 amide bonds. The number of hydrogen-bond donors (Lipinski definition) is 1. The lowest BCUT2D eigenvalue weighted by Crippen LogP contribution is -2.47. The molecule has 0 unspecified atom stereocenters. The molecule has 1 fully saturated rings. The number of nitrogens with zero attached hydrogens (tertiary/aromatic N) is 2. The minimum atomic E-state index is 0.813. The molecule has 100 valence electrons. The van der Waals surface area contributed by atoms with Crippen molar-refractivity contribution in [1.82, 2.24) is 15.1 Å². The van der Waals surface area contributed by atoms with Crippen molar-refractivity contribution in [3.8, 4) is 0 Å². The number of hydrogen-bond acceptors (Lipinski definition) is 3. The molecule has 1 aliphatic rings. The van der Waals surface area contributed by atoms with Crippen LogP contribution in [0.1, 0.15) is 5.56 Å². The molecule has 0 saturated carbocycles. The largest absolute Gasteiger partial charge is 0.314 e. The Morgan fingerprint density at radius 3 is 2.56 bits per heavy atom. The first-order valence-electron chi connectivity index (χ1n) is 6.60. The van der Waals surface area contributed by atoms with E-state index in [0.29, 0.717) is 0 Å². The molecule has 1 aromatic carbocycles. The number of likely N-dealkylation sites (N-methyl/N-ethyl adjacent to an activating group) is 1. The fourth-order valence-electron chi connectivity index (χ4n) is 2.24. The first-order chi connectivity index (χ1) is 8.74. The van der Waals surface area contributed by atoms with Crippen LogP contribution in [0.3, 0.4) is 0 Å². The summed E-state index contributed by atoms with van der Waals surface area (Å²) in [6.45, 7) is 6.70. The van der Waals surface area contributed by atoms with Crippen molar-refractivity contribution in [3.63, 3.8) is 0 Å². The van der Waals surface area contributed by atoms with E-state index in [1.807, 2.05) is 12.1 Å². The van der Waals surface area contributed by atoms with E-state index in [4.69, 9.17) is 11.6 Å². The number of benzene rings is 1. The van der Waals surface area contributed by atoms with Crippen molar-refractivity contribution < 1.29 is 0 Å². The summed E-state index contributed by atoms with van der Waals surface area (Å²) in [7, 11) is 2.19. The van der Waals surface area contributed by atoms with Crippen molar-refractivity contribution in [2.75, 3.05) is 46.4 Å². The van der Waals surface area contributed by atoms with Crippen molar-refractivity contribution in [3.05, 3.63) is 34.9 Å². The smallest absolute Gasteiger partial charge is 0.0504 e. The summed E-state index contributed by atoms with van der Waals surface area (Å²) in [6, 6.07) is 8.16. The van der Waals surface area contributed by atoms with Crippen LogP contribution >= 0.6 is 11.6 Å². The Morgan fingerprint density at radius 2 is 1.89 bits per heavy atom. The van der Waals surface area contributed by atoms with E-state index >= 15 is 0 Å². The first kappa shape index (κ1) is 13.8. The molecule has 1 N–H and O–H groups in total. The zero-order chi connectivity index (χ0) is 12.8. The van der Waals surface area contributed by atoms with Crippen LogP contribution in [0.15, 0.2) is 24.3 Å². The standard InChI is InChI=1S/C14H22ClN3/c1-17(12-18-10-7-16-8-11-18)9-6-13-2-4-14(15)5-3-13/h2-5,16H,6-12H2,1H3. The van der Waals surface area contributed by atoms with Crippen LogP contribution in [0, 0.1) is 0 Å². The Bertz CT molecular complexity index is 347. The van der Waals surface area contributed by atoms with Gasteiger partial charge in [0.1, 0.15) is 0 Å². The quantitative estimate of drug-likeness (QED) is 0.876. The molecular weight excluding hydrogens is 246 g/mol. The average molecular weight is 268 g/mol. The molecule has 2 rings (SSSR count). The lowest BCUT2D eigenvalue weighted by atomic mass is 10.1. The third-order valence-corrected chi connectivity index (χ3v) is 3.60. The van der Waals surface area contributed by atoms with Crippen molar-refractivity contribution in [2.45, 2.75) is 6.42 Å². The summed E-state index contributed by atoms with van der Waals surface area (Å²) in [5.41, 5.74) is 1.35. The van der Waals surface area contributed by atoms with Gasteiger partial charge in [-0.25, -0.2) is 0 Å². The summed E-state index contributed by atoms with van der Waals surface area (Å²) >= 11 is 5.88. The summed E-state index contributed by atoms with van der Waals surface area (Å²) < 4.78 is 0. The molecule has 1 heterocycles. The van der Waals surface area contributed by atoms with Crippen LogP contribution in [0.2, 0.25) is 5.02 Å². The van der Waals surface area contributed by atoms with E-state index in [0.717, 1.165) is 50.8 Å². The Morgan fingerprint density at radius 1 is 1.22 bits per heavy atom. The van der Waals surface area contributed by atoms with E-state index in [1.165, 1.54) is 5.56 Å². The number of piperazine rings is 1. The van der Waals surface area contributed by atoms with Gasteiger partial charge in [-0.05, 0) is 31.2 Å². The van der Waals surface area contributed by atoms with Gasteiger partial charge in [0, 0.05) is 37.7 Å². The summed E-state index contributed by atoms with van der Waals surface area (Å²) in [6.07, 6.45) is 1.08. The second-order valence-electron chi connectivity index (χ2n) is 4.97. The van der Waals surface area contributed by atoms with E-state index in [2.05, 4.69) is 34.3 Å². The Labute approximate surface area is 115 Å². The van der Waals surface area contributed by atoms with Crippen molar-refractivity contribution in [1.29, 1.82) is 0 Å². The van der Waals surface area contributed by atoms with Gasteiger partial charge in [-0.2, -0.15) is 0 Å². The molecule has 0 atom stereocenters. The fraction of sp³-hybridized carbons (Fsp3) is 0.571. The predicted molar refractivity (Wildman–Crippen MR) is 77.1 cm³/mol. The number of halogens is 1. The normalized spacial score (nSPS) is 17.3. The molecule has 0 aliphatic carbocycles. The maximum atomic E-state index is 5.88. The molecular formula is C14H22ClN3. The Balaban J connectivity index is 1.70. The van der Waals surface area contributed by atoms with Crippen molar-refractivity contribution in [2.24, 2.45) is 0 Å². The second-order valence-corrected chi connectivity index (χ2v) is 5.40. The molecule has 1 aliphatic heterocycles. The topological polar surface area (TPSA) is 18.5 Å². The minimum absolute atomic E-state index is 0.813. The molecule has 0 radical (unpaired) electrons. The van der Waals surface area contributed by atoms with Crippen molar-refractivity contribution >= 4 is 11.6 Å². The average Bonchev–Trinajstić information content (AvgIpc) is 2.39. The van der Waals surface area contributed by atoms with Crippen LogP contribution in [-0.4, -0.2) is 56.2 Å². The van der Waals surface area contributed by atoms with Gasteiger partial charge in [0.25, 0.3) is 0 Å². The Kier molecular flexibility index (Phi) is 5.45. The zero-order valence-corrected chi connectivity index (χ0v) is 11.8. The minimum Gasteiger partial charge on any atom is -0.314 e. The maximum absolute atomic E-state index is 5.88. The third-order valence-electron chi connectivity index (χ3n) is 3.35. The lowest BCUT2D eigenvalue weighted by Gasteiger charge is -2.31. The molecule has 0 bridgehead atoms. The highest BCUT2D eigenvalue weighted by molar-refractivity contribution is 6.30. The summed E-state index contributed by atoms with van der Waals surface area (Å²) in [5, 5.41) is 4.19. The van der Waals surface area contributed by atoms with Gasteiger partial charge in [0.2, 0.25) is 0 Å². The maximum Gasteiger partial charge on any atom is 0.0504 e. The molecule has 3 nitrogen and oxygen atoms in total. The highest BCUT2D eigenvalue weighted by atomic mass is 35.5. The molecule has 0 spiro atoms. The number of rotatable bonds is 5. The third kappa shape index (κ3) is 4.58. The van der Waals surface area contributed by atoms with Gasteiger partial charge >= 0.3 is 0 Å². The van der Waals surface area contributed by atoms with Crippen LogP contribution in [0.25, 0.3) is 0 Å². The van der Waals surface area contributed by atoms with Gasteiger partial charge in [0.15, 0.2) is 0 Å². The van der Waals surface area contributed by atoms with Gasteiger partial charge in [-0.3, -0.25) is 9.80 Å². The molecule has 18 heavy (non-hydrogen) atoms. The second kappa shape index (κ2) is 7.10. The molecule has 1 aromatic rings. The van der Waals surface area contributed by atoms with E-state index in [9.17, 15) is 0 Å². The predicted octanol–water partition coefficient (Wildman–Crippen LogP) is 1.68. The van der Waals surface area contributed by atoms with Crippen LogP contribution in [-0.2, 0) is 6.42 Å². The van der Waals surface area contributed by atoms with Gasteiger partial charge in [-0.1, -0.05) is 23.7 Å². The fourth-order valence-corrected chi connectivity index (χ4v) is 2.36. The molecule has 1 saturated heterocycles. The van der Waals surface area contributed by atoms with Crippen LogP contribution in [0.5, 0.6) is 0 Å². The van der Waals surface area contributed by atoms with Gasteiger partial charge in [0.05, 0.1) is 6.67 Å². The summed E-state index contributed by atoms with van der Waals surface area (Å²) in [5.74, 6) is 0. The zero-order valence-electron chi connectivity index (χ0n) is 11.0. The molecule has 0 aromatic heterocycles. The van der Waals surface area contributed by atoms with Gasteiger partial charge in [-0.15, -0.1) is 0 Å². The molecule has 4 heteroatoms. The van der Waals surface area contributed by atoms with E-state index < -0.39 is 0 Å². The Hall–Kier alpha value is -0.610. The van der Waals surface area contributed by atoms with E-state index in [-0.39, 0.29) is 0 Å². The van der Waals surface area contributed by atoms with E-state index in [1.54, 1.807) is 0 Å². The highest BCUT2D eigenvalue weighted by Crippen LogP contribution is 2.10. The summed E-state index contributed by atoms with van der Waals surface area (Å²) in [4.78, 5) is 4.89. The monoisotopic (exact) mass is 267 g/mol.